The van der Waals surface area contributed by atoms with E-state index in [2.05, 4.69) is 27.4 Å². The summed E-state index contributed by atoms with van der Waals surface area (Å²) < 4.78 is 16.4. The maximum atomic E-state index is 13.0. The minimum absolute atomic E-state index is 0.190. The fourth-order valence-corrected chi connectivity index (χ4v) is 5.09. The van der Waals surface area contributed by atoms with Crippen LogP contribution in [-0.2, 0) is 25.6 Å². The molecule has 1 atom stereocenters. The van der Waals surface area contributed by atoms with Crippen molar-refractivity contribution < 1.29 is 33.4 Å². The van der Waals surface area contributed by atoms with E-state index in [-0.39, 0.29) is 24.1 Å². The van der Waals surface area contributed by atoms with Gasteiger partial charge in [-0.05, 0) is 55.8 Å². The quantitative estimate of drug-likeness (QED) is 0.117. The number of methoxy groups -OCH3 is 1. The van der Waals surface area contributed by atoms with Gasteiger partial charge in [-0.15, -0.1) is 0 Å². The van der Waals surface area contributed by atoms with Gasteiger partial charge in [0, 0.05) is 62.3 Å². The smallest absolute Gasteiger partial charge is 0.255 e. The number of nitrogens with one attached hydrogen (secondary N) is 2. The lowest BCUT2D eigenvalue weighted by molar-refractivity contribution is -0.136. The average Bonchev–Trinajstić information content (AvgIpc) is 3.36. The van der Waals surface area contributed by atoms with Gasteiger partial charge in [-0.3, -0.25) is 24.5 Å². The van der Waals surface area contributed by atoms with E-state index < -0.39 is 11.9 Å². The van der Waals surface area contributed by atoms with Crippen LogP contribution in [0.1, 0.15) is 57.5 Å². The Morgan fingerprint density at radius 1 is 1.11 bits per heavy atom. The number of hydrogen-bond donors (Lipinski definition) is 3. The minimum Gasteiger partial charge on any atom is -0.495 e. The van der Waals surface area contributed by atoms with Gasteiger partial charge in [0.2, 0.25) is 11.8 Å². The molecule has 1 fully saturated rings. The molecule has 4 N–H and O–H groups in total. The summed E-state index contributed by atoms with van der Waals surface area (Å²) in [6.07, 6.45) is 1.89. The van der Waals surface area contributed by atoms with E-state index in [1.807, 2.05) is 13.1 Å². The number of rotatable bonds is 15. The third-order valence-electron chi connectivity index (χ3n) is 7.66. The number of imide groups is 1. The van der Waals surface area contributed by atoms with E-state index in [4.69, 9.17) is 19.9 Å². The molecule has 2 aromatic carbocycles. The average molecular weight is 620 g/mol. The minimum atomic E-state index is -0.641. The second-order valence-corrected chi connectivity index (χ2v) is 10.9. The highest BCUT2D eigenvalue weighted by Gasteiger charge is 2.39. The van der Waals surface area contributed by atoms with Gasteiger partial charge in [0.25, 0.3) is 11.8 Å². The van der Waals surface area contributed by atoms with Crippen LogP contribution < -0.4 is 21.1 Å². The lowest BCUT2D eigenvalue weighted by atomic mass is 10.0. The van der Waals surface area contributed by atoms with Crippen LogP contribution in [0.4, 0.5) is 5.69 Å². The number of amides is 4. The number of piperidine rings is 1. The highest BCUT2D eigenvalue weighted by molar-refractivity contribution is 6.05. The van der Waals surface area contributed by atoms with Crippen LogP contribution in [0.3, 0.4) is 0 Å². The van der Waals surface area contributed by atoms with Crippen molar-refractivity contribution in [3.8, 4) is 17.6 Å². The van der Waals surface area contributed by atoms with Gasteiger partial charge < -0.3 is 35.1 Å². The first kappa shape index (κ1) is 33.5. The third kappa shape index (κ3) is 9.28. The van der Waals surface area contributed by atoms with Gasteiger partial charge in [-0.25, -0.2) is 0 Å². The van der Waals surface area contributed by atoms with Crippen LogP contribution in [0, 0.1) is 11.8 Å². The van der Waals surface area contributed by atoms with E-state index in [9.17, 15) is 19.2 Å². The van der Waals surface area contributed by atoms with E-state index in [1.54, 1.807) is 35.2 Å². The molecule has 2 aromatic rings. The molecule has 2 heterocycles. The Bertz CT molecular complexity index is 1450. The summed E-state index contributed by atoms with van der Waals surface area (Å²) in [5.41, 5.74) is 8.93. The number of benzene rings is 2. The van der Waals surface area contributed by atoms with Crippen molar-refractivity contribution in [2.45, 2.75) is 38.3 Å². The number of nitrogens with zero attached hydrogens (tertiary/aromatic N) is 2. The highest BCUT2D eigenvalue weighted by atomic mass is 16.5. The number of likely N-dealkylation sites (N-methyl/N-ethyl adjacent to an activating group) is 1. The van der Waals surface area contributed by atoms with Gasteiger partial charge in [0.15, 0.2) is 0 Å². The van der Waals surface area contributed by atoms with E-state index in [1.165, 1.54) is 7.11 Å². The second kappa shape index (κ2) is 16.6. The summed E-state index contributed by atoms with van der Waals surface area (Å²) in [5, 5.41) is 5.18. The van der Waals surface area contributed by atoms with Crippen LogP contribution in [0.2, 0.25) is 0 Å². The van der Waals surface area contributed by atoms with Crippen molar-refractivity contribution in [2.24, 2.45) is 0 Å². The number of carbonyl (C=O) groups is 4. The van der Waals surface area contributed by atoms with Crippen LogP contribution in [-0.4, -0.2) is 99.7 Å². The molecule has 0 saturated carbocycles. The van der Waals surface area contributed by atoms with Crippen LogP contribution in [0.25, 0.3) is 0 Å². The largest absolute Gasteiger partial charge is 0.495 e. The molecule has 12 heteroatoms. The first-order chi connectivity index (χ1) is 21.8. The number of nitrogen functional groups attached to an aromatic ring is 1. The molecule has 0 aromatic heterocycles. The van der Waals surface area contributed by atoms with Crippen molar-refractivity contribution in [1.29, 1.82) is 0 Å². The standard InChI is InChI=1S/C33H41N5O7/c1-37(16-18-45-20-19-44-17-6-14-35-31(40)24-10-11-27(34)29(21-24)43-2)15-4-3-7-23-8-5-9-25-26(23)22-38(33(25)42)28-12-13-30(39)36-32(28)41/h5,8-11,21,28H,4,6,12-20,22,34H2,1-2H3,(H,35,40)(H,36,39,41). The summed E-state index contributed by atoms with van der Waals surface area (Å²) in [6.45, 7) is 4.36. The number of carbonyl (C=O) groups excluding carboxylic acids is 4. The predicted molar refractivity (Wildman–Crippen MR) is 167 cm³/mol. The van der Waals surface area contributed by atoms with E-state index in [0.717, 1.165) is 24.2 Å². The molecule has 0 spiro atoms. The van der Waals surface area contributed by atoms with Crippen molar-refractivity contribution in [1.82, 2.24) is 20.4 Å². The summed E-state index contributed by atoms with van der Waals surface area (Å²) in [5.74, 6) is 5.76. The third-order valence-corrected chi connectivity index (χ3v) is 7.66. The molecule has 240 valence electrons. The molecular formula is C33H41N5O7. The van der Waals surface area contributed by atoms with Gasteiger partial charge >= 0.3 is 0 Å². The van der Waals surface area contributed by atoms with E-state index >= 15 is 0 Å². The number of fused-ring (bicyclic) bond motifs is 1. The maximum Gasteiger partial charge on any atom is 0.255 e. The first-order valence-corrected chi connectivity index (χ1v) is 15.1. The SMILES string of the molecule is COc1cc(C(=O)NCCCOCCOCCN(C)CCC#Cc2cccc3c2CN(C2CCC(=O)NC2=O)C3=O)ccc1N. The van der Waals surface area contributed by atoms with Crippen LogP contribution in [0.5, 0.6) is 5.75 Å². The van der Waals surface area contributed by atoms with Gasteiger partial charge in [-0.1, -0.05) is 17.9 Å². The molecule has 4 amide bonds. The second-order valence-electron chi connectivity index (χ2n) is 10.9. The van der Waals surface area contributed by atoms with Crippen molar-refractivity contribution in [3.05, 3.63) is 58.7 Å². The zero-order valence-electron chi connectivity index (χ0n) is 25.9. The summed E-state index contributed by atoms with van der Waals surface area (Å²) >= 11 is 0. The number of hydrogen-bond acceptors (Lipinski definition) is 9. The molecule has 0 aliphatic carbocycles. The monoisotopic (exact) mass is 619 g/mol. The Labute approximate surface area is 263 Å². The molecule has 12 nitrogen and oxygen atoms in total. The normalized spacial score (nSPS) is 15.8. The summed E-state index contributed by atoms with van der Waals surface area (Å²) in [7, 11) is 3.52. The molecule has 4 rings (SSSR count). The summed E-state index contributed by atoms with van der Waals surface area (Å²) in [6, 6.07) is 9.74. The Kier molecular flexibility index (Phi) is 12.3. The zero-order valence-corrected chi connectivity index (χ0v) is 25.9. The van der Waals surface area contributed by atoms with Crippen LogP contribution in [0.15, 0.2) is 36.4 Å². The lowest BCUT2D eigenvalue weighted by Crippen LogP contribution is -2.52. The van der Waals surface area contributed by atoms with Crippen molar-refractivity contribution in [2.75, 3.05) is 66.0 Å². The molecule has 1 saturated heterocycles. The van der Waals surface area contributed by atoms with Gasteiger partial charge in [-0.2, -0.15) is 0 Å². The molecule has 0 bridgehead atoms. The fourth-order valence-electron chi connectivity index (χ4n) is 5.09. The molecule has 2 aliphatic heterocycles. The van der Waals surface area contributed by atoms with Crippen LogP contribution >= 0.6 is 0 Å². The Balaban J connectivity index is 1.06. The van der Waals surface area contributed by atoms with Crippen molar-refractivity contribution in [3.63, 3.8) is 0 Å². The molecular weight excluding hydrogens is 578 g/mol. The number of ether oxygens (including phenoxy) is 3. The van der Waals surface area contributed by atoms with E-state index in [0.29, 0.717) is 81.3 Å². The van der Waals surface area contributed by atoms with Gasteiger partial charge in [0.1, 0.15) is 11.8 Å². The zero-order chi connectivity index (χ0) is 32.2. The number of nitrogens with two attached hydrogens (primary N) is 1. The first-order valence-electron chi connectivity index (χ1n) is 15.1. The Morgan fingerprint density at radius 2 is 1.91 bits per heavy atom. The highest BCUT2D eigenvalue weighted by Crippen LogP contribution is 2.29. The molecule has 45 heavy (non-hydrogen) atoms. The van der Waals surface area contributed by atoms with Crippen molar-refractivity contribution >= 4 is 29.3 Å². The lowest BCUT2D eigenvalue weighted by Gasteiger charge is -2.29. The summed E-state index contributed by atoms with van der Waals surface area (Å²) in [4.78, 5) is 52.7. The molecule has 0 radical (unpaired) electrons. The maximum absolute atomic E-state index is 13.0. The fraction of sp³-hybridized carbons (Fsp3) is 0.455. The topological polar surface area (TPSA) is 153 Å². The predicted octanol–water partition coefficient (Wildman–Crippen LogP) is 1.57. The molecule has 1 unspecified atom stereocenters. The Hall–Kier alpha value is -4.44. The Morgan fingerprint density at radius 3 is 2.69 bits per heavy atom. The molecule has 2 aliphatic rings. The van der Waals surface area contributed by atoms with Gasteiger partial charge in [0.05, 0.1) is 32.6 Å². The number of anilines is 1.